The first kappa shape index (κ1) is 22.7. The second-order valence-corrected chi connectivity index (χ2v) is 7.52. The summed E-state index contributed by atoms with van der Waals surface area (Å²) in [5, 5.41) is 26.5. The molecule has 2 aromatic rings. The Morgan fingerprint density at radius 1 is 1.33 bits per heavy atom. The Morgan fingerprint density at radius 3 is 2.57 bits per heavy atom. The third-order valence-corrected chi connectivity index (χ3v) is 3.92. The first-order valence-corrected chi connectivity index (χ1v) is 9.04. The summed E-state index contributed by atoms with van der Waals surface area (Å²) >= 11 is 0. The summed E-state index contributed by atoms with van der Waals surface area (Å²) in [4.78, 5) is 33.8. The van der Waals surface area contributed by atoms with Gasteiger partial charge in [-0.3, -0.25) is 0 Å². The van der Waals surface area contributed by atoms with Gasteiger partial charge in [-0.25, -0.2) is 9.59 Å². The number of benzene rings is 1. The largest absolute Gasteiger partial charge is 0.496 e. The minimum atomic E-state index is -1.21. The normalized spacial score (nSPS) is 12.1. The molecule has 30 heavy (non-hydrogen) atoms. The smallest absolute Gasteiger partial charge is 0.408 e. The lowest BCUT2D eigenvalue weighted by atomic mass is 10.0. The fourth-order valence-corrected chi connectivity index (χ4v) is 2.68. The van der Waals surface area contributed by atoms with Crippen molar-refractivity contribution in [3.8, 4) is 5.75 Å². The number of carbonyl (C=O) groups is 2. The second kappa shape index (κ2) is 9.25. The van der Waals surface area contributed by atoms with Crippen LogP contribution in [0.1, 0.15) is 31.9 Å². The van der Waals surface area contributed by atoms with Crippen LogP contribution >= 0.6 is 0 Å². The molecular weight excluding hydrogens is 396 g/mol. The highest BCUT2D eigenvalue weighted by Gasteiger charge is 2.24. The van der Waals surface area contributed by atoms with Gasteiger partial charge in [0.2, 0.25) is 0 Å². The SMILES string of the molecule is COc1ccc(CC(NC(=O)OC(C)(C)C)C(=O)O)cc1Cn1ccc([N+](=O)[O-])n1. The van der Waals surface area contributed by atoms with Crippen LogP contribution in [0.5, 0.6) is 5.75 Å². The molecule has 162 valence electrons. The molecule has 1 aromatic heterocycles. The van der Waals surface area contributed by atoms with Crippen LogP contribution in [0.3, 0.4) is 0 Å². The Morgan fingerprint density at radius 2 is 2.03 bits per heavy atom. The van der Waals surface area contributed by atoms with Gasteiger partial charge in [0.25, 0.3) is 0 Å². The maximum Gasteiger partial charge on any atom is 0.408 e. The molecule has 0 aliphatic carbocycles. The highest BCUT2D eigenvalue weighted by atomic mass is 16.6. The molecule has 0 aliphatic heterocycles. The molecule has 0 fully saturated rings. The summed E-state index contributed by atoms with van der Waals surface area (Å²) in [6.45, 7) is 5.22. The van der Waals surface area contributed by atoms with Gasteiger partial charge in [-0.1, -0.05) is 12.1 Å². The van der Waals surface area contributed by atoms with Gasteiger partial charge in [0.15, 0.2) is 0 Å². The van der Waals surface area contributed by atoms with Crippen LogP contribution < -0.4 is 10.1 Å². The number of aliphatic carboxylic acids is 1. The van der Waals surface area contributed by atoms with E-state index in [2.05, 4.69) is 10.4 Å². The van der Waals surface area contributed by atoms with E-state index < -0.39 is 28.6 Å². The molecule has 1 aromatic carbocycles. The molecule has 0 radical (unpaired) electrons. The fraction of sp³-hybridized carbons (Fsp3) is 0.421. The number of amides is 1. The fourth-order valence-electron chi connectivity index (χ4n) is 2.68. The Kier molecular flexibility index (Phi) is 6.98. The van der Waals surface area contributed by atoms with Crippen LogP contribution in [0.2, 0.25) is 0 Å². The lowest BCUT2D eigenvalue weighted by Crippen LogP contribution is -2.44. The first-order valence-electron chi connectivity index (χ1n) is 9.04. The predicted octanol–water partition coefficient (Wildman–Crippen LogP) is 2.37. The lowest BCUT2D eigenvalue weighted by Gasteiger charge is -2.22. The molecule has 1 amide bonds. The maximum absolute atomic E-state index is 11.9. The van der Waals surface area contributed by atoms with Crippen molar-refractivity contribution in [2.45, 2.75) is 45.4 Å². The quantitative estimate of drug-likeness (QED) is 0.489. The van der Waals surface area contributed by atoms with Crippen molar-refractivity contribution in [2.24, 2.45) is 0 Å². The van der Waals surface area contributed by atoms with Crippen LogP contribution in [-0.2, 0) is 22.5 Å². The summed E-state index contributed by atoms with van der Waals surface area (Å²) in [5.74, 6) is -0.970. The number of rotatable bonds is 8. The molecule has 2 N–H and O–H groups in total. The summed E-state index contributed by atoms with van der Waals surface area (Å²) in [6, 6.07) is 5.13. The van der Waals surface area contributed by atoms with E-state index in [0.717, 1.165) is 0 Å². The summed E-state index contributed by atoms with van der Waals surface area (Å²) in [7, 11) is 1.48. The third kappa shape index (κ3) is 6.47. The second-order valence-electron chi connectivity index (χ2n) is 7.52. The molecule has 0 bridgehead atoms. The number of nitrogens with one attached hydrogen (secondary N) is 1. The van der Waals surface area contributed by atoms with Gasteiger partial charge >= 0.3 is 17.9 Å². The number of hydrogen-bond acceptors (Lipinski definition) is 7. The molecule has 0 aliphatic rings. The number of ether oxygens (including phenoxy) is 2. The number of nitrogens with zero attached hydrogens (tertiary/aromatic N) is 3. The van der Waals surface area contributed by atoms with Crippen molar-refractivity contribution in [3.63, 3.8) is 0 Å². The molecule has 2 rings (SSSR count). The van der Waals surface area contributed by atoms with Gasteiger partial charge in [0.05, 0.1) is 31.0 Å². The topological polar surface area (TPSA) is 146 Å². The number of methoxy groups -OCH3 is 1. The molecule has 1 heterocycles. The molecule has 11 nitrogen and oxygen atoms in total. The van der Waals surface area contributed by atoms with Crippen molar-refractivity contribution in [1.82, 2.24) is 15.1 Å². The van der Waals surface area contributed by atoms with Gasteiger partial charge in [0, 0.05) is 12.0 Å². The number of nitro groups is 1. The van der Waals surface area contributed by atoms with Crippen LogP contribution in [0.4, 0.5) is 10.6 Å². The van der Waals surface area contributed by atoms with Crippen LogP contribution in [-0.4, -0.2) is 50.6 Å². The zero-order valence-electron chi connectivity index (χ0n) is 17.1. The van der Waals surface area contributed by atoms with Gasteiger partial charge < -0.3 is 30.0 Å². The van der Waals surface area contributed by atoms with E-state index in [9.17, 15) is 24.8 Å². The molecule has 0 saturated heterocycles. The number of carboxylic acids is 1. The van der Waals surface area contributed by atoms with Crippen molar-refractivity contribution < 1.29 is 29.1 Å². The number of carboxylic acid groups (broad SMARTS) is 1. The molecule has 0 spiro atoms. The van der Waals surface area contributed by atoms with Crippen molar-refractivity contribution in [3.05, 3.63) is 51.7 Å². The van der Waals surface area contributed by atoms with Gasteiger partial charge in [-0.15, -0.1) is 0 Å². The Bertz CT molecular complexity index is 933. The van der Waals surface area contributed by atoms with Crippen molar-refractivity contribution >= 4 is 17.9 Å². The highest BCUT2D eigenvalue weighted by Crippen LogP contribution is 2.22. The van der Waals surface area contributed by atoms with E-state index in [0.29, 0.717) is 16.9 Å². The van der Waals surface area contributed by atoms with E-state index in [1.54, 1.807) is 39.0 Å². The van der Waals surface area contributed by atoms with Crippen molar-refractivity contribution in [2.75, 3.05) is 7.11 Å². The van der Waals surface area contributed by atoms with E-state index in [1.165, 1.54) is 24.1 Å². The maximum atomic E-state index is 11.9. The number of alkyl carbamates (subject to hydrolysis) is 1. The number of hydrogen-bond donors (Lipinski definition) is 2. The minimum absolute atomic E-state index is 0.00479. The summed E-state index contributed by atoms with van der Waals surface area (Å²) < 4.78 is 11.8. The Balaban J connectivity index is 2.19. The summed E-state index contributed by atoms with van der Waals surface area (Å²) in [5.41, 5.74) is 0.512. The molecule has 1 unspecified atom stereocenters. The number of carbonyl (C=O) groups excluding carboxylic acids is 1. The van der Waals surface area contributed by atoms with Crippen LogP contribution in [0.15, 0.2) is 30.5 Å². The Hall–Kier alpha value is -3.63. The molecule has 1 atom stereocenters. The van der Waals surface area contributed by atoms with Crippen LogP contribution in [0.25, 0.3) is 0 Å². The summed E-state index contributed by atoms with van der Waals surface area (Å²) in [6.07, 6.45) is 0.645. The van der Waals surface area contributed by atoms with Gasteiger partial charge in [0.1, 0.15) is 17.4 Å². The standard InChI is InChI=1S/C19H24N4O7/c1-19(2,3)30-18(26)20-14(17(24)25)10-12-5-6-15(29-4)13(9-12)11-22-8-7-16(21-22)23(27)28/h5-9,14H,10-11H2,1-4H3,(H,20,26)(H,24,25). The van der Waals surface area contributed by atoms with E-state index in [-0.39, 0.29) is 18.8 Å². The monoisotopic (exact) mass is 420 g/mol. The average Bonchev–Trinajstić information content (AvgIpc) is 3.08. The zero-order chi connectivity index (χ0) is 22.5. The first-order chi connectivity index (χ1) is 14.0. The predicted molar refractivity (Wildman–Crippen MR) is 105 cm³/mol. The van der Waals surface area contributed by atoms with Gasteiger partial charge in [-0.05, 0) is 37.3 Å². The molecular formula is C19H24N4O7. The van der Waals surface area contributed by atoms with Crippen LogP contribution in [0, 0.1) is 10.1 Å². The molecule has 11 heteroatoms. The average molecular weight is 420 g/mol. The van der Waals surface area contributed by atoms with E-state index in [1.807, 2.05) is 0 Å². The van der Waals surface area contributed by atoms with E-state index in [4.69, 9.17) is 9.47 Å². The highest BCUT2D eigenvalue weighted by molar-refractivity contribution is 5.80. The lowest BCUT2D eigenvalue weighted by molar-refractivity contribution is -0.389. The Labute approximate surface area is 172 Å². The van der Waals surface area contributed by atoms with Crippen molar-refractivity contribution in [1.29, 1.82) is 0 Å². The van der Waals surface area contributed by atoms with E-state index >= 15 is 0 Å². The minimum Gasteiger partial charge on any atom is -0.496 e. The number of aromatic nitrogens is 2. The third-order valence-electron chi connectivity index (χ3n) is 3.92. The zero-order valence-corrected chi connectivity index (χ0v) is 17.1. The van der Waals surface area contributed by atoms with Gasteiger partial charge in [-0.2, -0.15) is 4.68 Å². The molecule has 0 saturated carbocycles.